The van der Waals surface area contributed by atoms with E-state index in [-0.39, 0.29) is 23.6 Å². The fourth-order valence-electron chi connectivity index (χ4n) is 4.33. The van der Waals surface area contributed by atoms with Gasteiger partial charge in [0, 0.05) is 7.11 Å². The quantitative estimate of drug-likeness (QED) is 0.821. The van der Waals surface area contributed by atoms with Crippen molar-refractivity contribution in [2.75, 3.05) is 7.11 Å². The van der Waals surface area contributed by atoms with Crippen molar-refractivity contribution >= 4 is 11.5 Å². The Morgan fingerprint density at radius 3 is 2.39 bits per heavy atom. The van der Waals surface area contributed by atoms with Gasteiger partial charge in [-0.2, -0.15) is 0 Å². The van der Waals surface area contributed by atoms with Gasteiger partial charge in [0.05, 0.1) is 17.2 Å². The molecule has 0 bridgehead atoms. The molecule has 2 N–H and O–H groups in total. The van der Waals surface area contributed by atoms with Gasteiger partial charge in [-0.25, -0.2) is 4.39 Å². The molecular formula is C23H24FNO3. The number of aliphatic hydroxyl groups is 1. The first-order valence-corrected chi connectivity index (χ1v) is 9.59. The highest BCUT2D eigenvalue weighted by molar-refractivity contribution is 6.23. The summed E-state index contributed by atoms with van der Waals surface area (Å²) in [7, 11) is 1.70. The Labute approximate surface area is 164 Å². The van der Waals surface area contributed by atoms with E-state index in [9.17, 15) is 14.3 Å². The largest absolute Gasteiger partial charge is 0.509 e. The highest BCUT2D eigenvalue weighted by atomic mass is 19.1. The van der Waals surface area contributed by atoms with Gasteiger partial charge in [0.2, 0.25) is 0 Å². The summed E-state index contributed by atoms with van der Waals surface area (Å²) in [5.74, 6) is -0.403. The molecule has 0 aromatic heterocycles. The molecule has 2 aliphatic rings. The predicted molar refractivity (Wildman–Crippen MR) is 106 cm³/mol. The van der Waals surface area contributed by atoms with Gasteiger partial charge < -0.3 is 15.2 Å². The van der Waals surface area contributed by atoms with Crippen LogP contribution >= 0.6 is 0 Å². The van der Waals surface area contributed by atoms with Crippen LogP contribution in [0.4, 0.5) is 4.39 Å². The molecule has 2 aromatic carbocycles. The zero-order chi connectivity index (χ0) is 19.9. The number of rotatable bonds is 3. The van der Waals surface area contributed by atoms with Gasteiger partial charge in [-0.15, -0.1) is 0 Å². The second-order valence-electron chi connectivity index (χ2n) is 7.73. The maximum absolute atomic E-state index is 13.2. The molecule has 4 rings (SSSR count). The summed E-state index contributed by atoms with van der Waals surface area (Å²) in [6, 6.07) is 12.0. The number of hydrogen-bond acceptors (Lipinski definition) is 3. The second-order valence-corrected chi connectivity index (χ2v) is 7.73. The van der Waals surface area contributed by atoms with E-state index in [1.54, 1.807) is 19.2 Å². The van der Waals surface area contributed by atoms with Crippen molar-refractivity contribution in [2.24, 2.45) is 0 Å². The van der Waals surface area contributed by atoms with E-state index in [2.05, 4.69) is 5.32 Å². The number of ether oxygens (including phenoxy) is 1. The molecule has 1 aliphatic heterocycles. The van der Waals surface area contributed by atoms with Crippen LogP contribution in [0.3, 0.4) is 0 Å². The summed E-state index contributed by atoms with van der Waals surface area (Å²) < 4.78 is 18.7. The molecule has 1 heterocycles. The molecule has 0 saturated heterocycles. The molecule has 2 aromatic rings. The van der Waals surface area contributed by atoms with Crippen molar-refractivity contribution in [1.29, 1.82) is 0 Å². The molecule has 1 aliphatic carbocycles. The SMILES string of the molecule is COC1CCC2(CC1)NC(=O)C(c1cc(-c3ccc(F)cc3)ccc1C)=C2O. The van der Waals surface area contributed by atoms with Crippen molar-refractivity contribution in [3.63, 3.8) is 0 Å². The number of carbonyl (C=O) groups is 1. The highest BCUT2D eigenvalue weighted by Gasteiger charge is 2.48. The Balaban J connectivity index is 1.74. The highest BCUT2D eigenvalue weighted by Crippen LogP contribution is 2.42. The number of aliphatic hydroxyl groups excluding tert-OH is 1. The van der Waals surface area contributed by atoms with E-state index < -0.39 is 5.54 Å². The molecule has 0 atom stereocenters. The van der Waals surface area contributed by atoms with E-state index in [1.807, 2.05) is 25.1 Å². The van der Waals surface area contributed by atoms with Gasteiger partial charge in [-0.05, 0) is 73.1 Å². The monoisotopic (exact) mass is 381 g/mol. The summed E-state index contributed by atoms with van der Waals surface area (Å²) in [6.45, 7) is 1.92. The number of halogens is 1. The van der Waals surface area contributed by atoms with Gasteiger partial charge in [-0.3, -0.25) is 4.79 Å². The summed E-state index contributed by atoms with van der Waals surface area (Å²) >= 11 is 0. The van der Waals surface area contributed by atoms with Crippen molar-refractivity contribution < 1.29 is 19.0 Å². The minimum Gasteiger partial charge on any atom is -0.509 e. The molecule has 4 nitrogen and oxygen atoms in total. The lowest BCUT2D eigenvalue weighted by Crippen LogP contribution is -2.48. The van der Waals surface area contributed by atoms with Crippen LogP contribution in [0.15, 0.2) is 48.2 Å². The van der Waals surface area contributed by atoms with Crippen LogP contribution in [0.5, 0.6) is 0 Å². The van der Waals surface area contributed by atoms with Gasteiger partial charge in [0.15, 0.2) is 0 Å². The Kier molecular flexibility index (Phi) is 4.71. The molecule has 146 valence electrons. The third kappa shape index (κ3) is 3.10. The Morgan fingerprint density at radius 2 is 1.75 bits per heavy atom. The number of methoxy groups -OCH3 is 1. The molecule has 0 unspecified atom stereocenters. The zero-order valence-corrected chi connectivity index (χ0v) is 16.1. The number of benzene rings is 2. The smallest absolute Gasteiger partial charge is 0.256 e. The van der Waals surface area contributed by atoms with Crippen LogP contribution < -0.4 is 5.32 Å². The number of hydrogen-bond donors (Lipinski definition) is 2. The number of carbonyl (C=O) groups excluding carboxylic acids is 1. The van der Waals surface area contributed by atoms with E-state index in [1.165, 1.54) is 12.1 Å². The summed E-state index contributed by atoms with van der Waals surface area (Å²) in [5, 5.41) is 14.1. The molecule has 1 saturated carbocycles. The van der Waals surface area contributed by atoms with Crippen LogP contribution in [0.1, 0.15) is 36.8 Å². The standard InChI is InChI=1S/C23H24FNO3/c1-14-3-4-16(15-5-7-17(24)8-6-15)13-19(14)20-21(26)23(25-22(20)27)11-9-18(28-2)10-12-23/h3-8,13,18,26H,9-12H2,1-2H3,(H,25,27). The Bertz CT molecular complexity index is 941. The van der Waals surface area contributed by atoms with E-state index in [4.69, 9.17) is 4.74 Å². The first-order valence-electron chi connectivity index (χ1n) is 9.59. The lowest BCUT2D eigenvalue weighted by atomic mass is 9.79. The summed E-state index contributed by atoms with van der Waals surface area (Å²) in [5.41, 5.74) is 3.00. The zero-order valence-electron chi connectivity index (χ0n) is 16.1. The van der Waals surface area contributed by atoms with Crippen molar-refractivity contribution in [2.45, 2.75) is 44.2 Å². The van der Waals surface area contributed by atoms with Gasteiger partial charge >= 0.3 is 0 Å². The first kappa shape index (κ1) is 18.7. The fourth-order valence-corrected chi connectivity index (χ4v) is 4.33. The number of nitrogens with one attached hydrogen (secondary N) is 1. The van der Waals surface area contributed by atoms with E-state index in [0.717, 1.165) is 29.5 Å². The fraction of sp³-hybridized carbons (Fsp3) is 0.348. The molecule has 28 heavy (non-hydrogen) atoms. The average Bonchev–Trinajstić information content (AvgIpc) is 2.93. The number of amides is 1. The molecule has 1 amide bonds. The minimum atomic E-state index is -0.695. The lowest BCUT2D eigenvalue weighted by molar-refractivity contribution is -0.116. The summed E-state index contributed by atoms with van der Waals surface area (Å²) in [6.07, 6.45) is 3.07. The third-order valence-corrected chi connectivity index (χ3v) is 6.07. The molecular weight excluding hydrogens is 357 g/mol. The Hall–Kier alpha value is -2.66. The summed E-state index contributed by atoms with van der Waals surface area (Å²) in [4.78, 5) is 12.8. The van der Waals surface area contributed by atoms with Crippen molar-refractivity contribution in [1.82, 2.24) is 5.32 Å². The Morgan fingerprint density at radius 1 is 1.11 bits per heavy atom. The molecule has 1 spiro atoms. The van der Waals surface area contributed by atoms with Crippen molar-refractivity contribution in [3.8, 4) is 11.1 Å². The first-order chi connectivity index (χ1) is 13.4. The molecule has 0 radical (unpaired) electrons. The van der Waals surface area contributed by atoms with Crippen LogP contribution in [0.25, 0.3) is 16.7 Å². The molecule has 5 heteroatoms. The van der Waals surface area contributed by atoms with Gasteiger partial charge in [-0.1, -0.05) is 24.3 Å². The van der Waals surface area contributed by atoms with Gasteiger partial charge in [0.25, 0.3) is 5.91 Å². The predicted octanol–water partition coefficient (Wildman–Crippen LogP) is 4.53. The van der Waals surface area contributed by atoms with Crippen LogP contribution in [-0.4, -0.2) is 29.8 Å². The third-order valence-electron chi connectivity index (χ3n) is 6.07. The normalized spacial score (nSPS) is 24.7. The topological polar surface area (TPSA) is 58.6 Å². The van der Waals surface area contributed by atoms with Crippen LogP contribution in [0.2, 0.25) is 0 Å². The van der Waals surface area contributed by atoms with Crippen LogP contribution in [-0.2, 0) is 9.53 Å². The lowest BCUT2D eigenvalue weighted by Gasteiger charge is -2.36. The minimum absolute atomic E-state index is 0.131. The van der Waals surface area contributed by atoms with Crippen LogP contribution in [0, 0.1) is 12.7 Å². The average molecular weight is 381 g/mol. The van der Waals surface area contributed by atoms with E-state index >= 15 is 0 Å². The maximum atomic E-state index is 13.2. The van der Waals surface area contributed by atoms with E-state index in [0.29, 0.717) is 24.0 Å². The van der Waals surface area contributed by atoms with Gasteiger partial charge in [0.1, 0.15) is 11.6 Å². The maximum Gasteiger partial charge on any atom is 0.256 e. The van der Waals surface area contributed by atoms with Crippen molar-refractivity contribution in [3.05, 3.63) is 65.2 Å². The molecule has 1 fully saturated rings. The number of aryl methyl sites for hydroxylation is 1. The second kappa shape index (κ2) is 7.06.